The zero-order valence-corrected chi connectivity index (χ0v) is 12.5. The normalized spacial score (nSPS) is 15.2. The lowest BCUT2D eigenvalue weighted by atomic mass is 10.1. The lowest BCUT2D eigenvalue weighted by Crippen LogP contribution is -2.18. The number of rotatable bonds is 5. The Kier molecular flexibility index (Phi) is 4.53. The van der Waals surface area contributed by atoms with Crippen LogP contribution in [-0.4, -0.2) is 28.2 Å². The number of likely N-dealkylation sites (tertiary alicyclic amines) is 1. The van der Waals surface area contributed by atoms with Gasteiger partial charge in [-0.1, -0.05) is 30.0 Å². The van der Waals surface area contributed by atoms with Gasteiger partial charge in [-0.15, -0.1) is 10.2 Å². The molecular weight excluding hydrogens is 284 g/mol. The molecule has 1 fully saturated rings. The van der Waals surface area contributed by atoms with Crippen molar-refractivity contribution in [1.82, 2.24) is 15.1 Å². The van der Waals surface area contributed by atoms with E-state index in [-0.39, 0.29) is 0 Å². The zero-order chi connectivity index (χ0) is 14.5. The van der Waals surface area contributed by atoms with E-state index in [2.05, 4.69) is 21.2 Å². The van der Waals surface area contributed by atoms with Crippen molar-refractivity contribution in [1.29, 1.82) is 5.26 Å². The third-order valence-corrected chi connectivity index (χ3v) is 4.36. The molecule has 0 bridgehead atoms. The maximum absolute atomic E-state index is 9.06. The van der Waals surface area contributed by atoms with E-state index in [9.17, 15) is 0 Å². The summed E-state index contributed by atoms with van der Waals surface area (Å²) in [5.41, 5.74) is 1.69. The Bertz CT molecular complexity index is 643. The summed E-state index contributed by atoms with van der Waals surface area (Å²) in [6, 6.07) is 9.77. The van der Waals surface area contributed by atoms with Gasteiger partial charge in [-0.3, -0.25) is 4.90 Å². The second kappa shape index (κ2) is 6.74. The van der Waals surface area contributed by atoms with Crippen LogP contribution in [-0.2, 0) is 12.3 Å². The van der Waals surface area contributed by atoms with Crippen molar-refractivity contribution in [2.45, 2.75) is 30.4 Å². The van der Waals surface area contributed by atoms with E-state index < -0.39 is 0 Å². The van der Waals surface area contributed by atoms with Crippen LogP contribution in [0, 0.1) is 11.3 Å². The van der Waals surface area contributed by atoms with Gasteiger partial charge in [0.1, 0.15) is 0 Å². The molecule has 0 N–H and O–H groups in total. The standard InChI is InChI=1S/C15H16N4OS/c16-9-12-5-1-2-6-13(12)11-21-15-18-17-14(20-15)10-19-7-3-4-8-19/h1-2,5-6H,3-4,7-8,10-11H2. The Morgan fingerprint density at radius 3 is 2.86 bits per heavy atom. The third-order valence-electron chi connectivity index (χ3n) is 3.49. The van der Waals surface area contributed by atoms with Crippen molar-refractivity contribution >= 4 is 11.8 Å². The fourth-order valence-corrected chi connectivity index (χ4v) is 3.17. The van der Waals surface area contributed by atoms with Crippen LogP contribution in [0.2, 0.25) is 0 Å². The lowest BCUT2D eigenvalue weighted by molar-refractivity contribution is 0.278. The van der Waals surface area contributed by atoms with Crippen LogP contribution in [0.1, 0.15) is 29.9 Å². The minimum atomic E-state index is 0.567. The average molecular weight is 300 g/mol. The average Bonchev–Trinajstić information content (AvgIpc) is 3.18. The smallest absolute Gasteiger partial charge is 0.276 e. The Labute approximate surface area is 128 Å². The van der Waals surface area contributed by atoms with Crippen LogP contribution in [0.15, 0.2) is 33.9 Å². The molecule has 1 aliphatic heterocycles. The van der Waals surface area contributed by atoms with E-state index in [1.165, 1.54) is 24.6 Å². The van der Waals surface area contributed by atoms with Gasteiger partial charge in [0, 0.05) is 5.75 Å². The molecule has 1 aromatic heterocycles. The fourth-order valence-electron chi connectivity index (χ4n) is 2.39. The fraction of sp³-hybridized carbons (Fsp3) is 0.400. The first-order valence-corrected chi connectivity index (χ1v) is 7.99. The topological polar surface area (TPSA) is 66.0 Å². The Hall–Kier alpha value is -1.84. The van der Waals surface area contributed by atoms with E-state index in [0.29, 0.717) is 22.4 Å². The number of benzene rings is 1. The zero-order valence-electron chi connectivity index (χ0n) is 11.7. The monoisotopic (exact) mass is 300 g/mol. The van der Waals surface area contributed by atoms with E-state index in [4.69, 9.17) is 9.68 Å². The Morgan fingerprint density at radius 1 is 1.24 bits per heavy atom. The molecule has 5 nitrogen and oxygen atoms in total. The van der Waals surface area contributed by atoms with Gasteiger partial charge in [0.15, 0.2) is 0 Å². The summed E-state index contributed by atoms with van der Waals surface area (Å²) in [6.07, 6.45) is 2.50. The molecule has 6 heteroatoms. The summed E-state index contributed by atoms with van der Waals surface area (Å²) in [5, 5.41) is 17.8. The molecule has 0 saturated carbocycles. The van der Waals surface area contributed by atoms with Gasteiger partial charge in [0.25, 0.3) is 5.22 Å². The molecule has 2 heterocycles. The molecule has 0 atom stereocenters. The van der Waals surface area contributed by atoms with Gasteiger partial charge in [0.2, 0.25) is 5.89 Å². The molecule has 0 aliphatic carbocycles. The summed E-state index contributed by atoms with van der Waals surface area (Å²) in [5.74, 6) is 1.34. The second-order valence-corrected chi connectivity index (χ2v) is 5.93. The summed E-state index contributed by atoms with van der Waals surface area (Å²) in [7, 11) is 0. The Morgan fingerprint density at radius 2 is 2.05 bits per heavy atom. The number of thioether (sulfide) groups is 1. The number of hydrogen-bond donors (Lipinski definition) is 0. The highest BCUT2D eigenvalue weighted by atomic mass is 32.2. The van der Waals surface area contributed by atoms with Crippen LogP contribution in [0.3, 0.4) is 0 Å². The van der Waals surface area contributed by atoms with Crippen molar-refractivity contribution in [3.05, 3.63) is 41.3 Å². The highest BCUT2D eigenvalue weighted by Gasteiger charge is 2.15. The van der Waals surface area contributed by atoms with Gasteiger partial charge < -0.3 is 4.42 Å². The van der Waals surface area contributed by atoms with Crippen molar-refractivity contribution in [3.8, 4) is 6.07 Å². The first-order chi connectivity index (χ1) is 10.3. The number of hydrogen-bond acceptors (Lipinski definition) is 6. The third kappa shape index (κ3) is 3.63. The van der Waals surface area contributed by atoms with Crippen LogP contribution < -0.4 is 0 Å². The minimum absolute atomic E-state index is 0.567. The predicted molar refractivity (Wildman–Crippen MR) is 79.5 cm³/mol. The van der Waals surface area contributed by atoms with Crippen LogP contribution in [0.4, 0.5) is 0 Å². The minimum Gasteiger partial charge on any atom is -0.415 e. The predicted octanol–water partition coefficient (Wildman–Crippen LogP) is 2.83. The van der Waals surface area contributed by atoms with Crippen LogP contribution in [0.25, 0.3) is 0 Å². The molecule has 1 aromatic carbocycles. The second-order valence-electron chi connectivity index (χ2n) is 5.00. The maximum Gasteiger partial charge on any atom is 0.276 e. The van der Waals surface area contributed by atoms with Crippen molar-refractivity contribution < 1.29 is 4.42 Å². The van der Waals surface area contributed by atoms with Gasteiger partial charge in [0.05, 0.1) is 18.2 Å². The molecule has 108 valence electrons. The first-order valence-electron chi connectivity index (χ1n) is 7.01. The van der Waals surface area contributed by atoms with Crippen LogP contribution in [0.5, 0.6) is 0 Å². The van der Waals surface area contributed by atoms with Gasteiger partial charge >= 0.3 is 0 Å². The molecule has 0 amide bonds. The molecular formula is C15H16N4OS. The highest BCUT2D eigenvalue weighted by Crippen LogP contribution is 2.23. The molecule has 1 aliphatic rings. The largest absolute Gasteiger partial charge is 0.415 e. The molecule has 1 saturated heterocycles. The molecule has 21 heavy (non-hydrogen) atoms. The van der Waals surface area contributed by atoms with Gasteiger partial charge in [-0.25, -0.2) is 0 Å². The number of aromatic nitrogens is 2. The summed E-state index contributed by atoms with van der Waals surface area (Å²) in [6.45, 7) is 2.96. The van der Waals surface area contributed by atoms with Crippen LogP contribution >= 0.6 is 11.8 Å². The first kappa shape index (κ1) is 14.1. The van der Waals surface area contributed by atoms with Gasteiger partial charge in [-0.05, 0) is 37.6 Å². The molecule has 2 aromatic rings. The maximum atomic E-state index is 9.06. The Balaban J connectivity index is 1.58. The highest BCUT2D eigenvalue weighted by molar-refractivity contribution is 7.98. The molecule has 0 unspecified atom stereocenters. The SMILES string of the molecule is N#Cc1ccccc1CSc1nnc(CN2CCCC2)o1. The van der Waals surface area contributed by atoms with E-state index in [0.717, 1.165) is 25.2 Å². The van der Waals surface area contributed by atoms with E-state index in [1.54, 1.807) is 0 Å². The summed E-state index contributed by atoms with van der Waals surface area (Å²) >= 11 is 1.47. The van der Waals surface area contributed by atoms with E-state index in [1.807, 2.05) is 24.3 Å². The van der Waals surface area contributed by atoms with Crippen molar-refractivity contribution in [3.63, 3.8) is 0 Å². The lowest BCUT2D eigenvalue weighted by Gasteiger charge is -2.10. The van der Waals surface area contributed by atoms with Crippen molar-refractivity contribution in [2.24, 2.45) is 0 Å². The molecule has 0 spiro atoms. The quantitative estimate of drug-likeness (QED) is 0.791. The molecule has 3 rings (SSSR count). The number of nitrogens with zero attached hydrogens (tertiary/aromatic N) is 4. The summed E-state index contributed by atoms with van der Waals surface area (Å²) in [4.78, 5) is 2.33. The number of nitriles is 1. The van der Waals surface area contributed by atoms with E-state index >= 15 is 0 Å². The molecule has 0 radical (unpaired) electrons. The summed E-state index contributed by atoms with van der Waals surface area (Å²) < 4.78 is 5.66. The van der Waals surface area contributed by atoms with Crippen molar-refractivity contribution in [2.75, 3.05) is 13.1 Å². The van der Waals surface area contributed by atoms with Gasteiger partial charge in [-0.2, -0.15) is 5.26 Å².